The second-order valence-electron chi connectivity index (χ2n) is 4.85. The Morgan fingerprint density at radius 3 is 2.88 bits per heavy atom. The molecule has 1 aromatic heterocycles. The lowest BCUT2D eigenvalue weighted by atomic mass is 9.87. The number of nitrogens with zero attached hydrogens (tertiary/aromatic N) is 1. The number of hydrogen-bond acceptors (Lipinski definition) is 2. The van der Waals surface area contributed by atoms with Crippen LogP contribution in [0.5, 0.6) is 0 Å². The van der Waals surface area contributed by atoms with Gasteiger partial charge in [0.25, 0.3) is 0 Å². The minimum Gasteiger partial charge on any atom is -0.345 e. The zero-order valence-electron chi connectivity index (χ0n) is 10.0. The van der Waals surface area contributed by atoms with Gasteiger partial charge in [-0.2, -0.15) is 0 Å². The monoisotopic (exact) mass is 227 g/mol. The number of hydrogen-bond donors (Lipinski definition) is 2. The van der Waals surface area contributed by atoms with E-state index in [-0.39, 0.29) is 5.54 Å². The summed E-state index contributed by atoms with van der Waals surface area (Å²) in [7, 11) is 0. The molecule has 2 heterocycles. The van der Waals surface area contributed by atoms with Gasteiger partial charge < -0.3 is 10.3 Å². The van der Waals surface area contributed by atoms with E-state index in [2.05, 4.69) is 46.5 Å². The van der Waals surface area contributed by atoms with Crippen molar-refractivity contribution in [1.82, 2.24) is 15.3 Å². The highest BCUT2D eigenvalue weighted by atomic mass is 15.0. The van der Waals surface area contributed by atoms with Crippen LogP contribution >= 0.6 is 0 Å². The molecule has 3 nitrogen and oxygen atoms in total. The molecular weight excluding hydrogens is 210 g/mol. The Kier molecular flexibility index (Phi) is 2.48. The van der Waals surface area contributed by atoms with E-state index in [0.29, 0.717) is 0 Å². The van der Waals surface area contributed by atoms with Gasteiger partial charge in [0.2, 0.25) is 0 Å². The van der Waals surface area contributed by atoms with E-state index in [1.807, 2.05) is 6.20 Å². The summed E-state index contributed by atoms with van der Waals surface area (Å²) in [6.45, 7) is 3.38. The van der Waals surface area contributed by atoms with Gasteiger partial charge in [-0.05, 0) is 31.9 Å². The van der Waals surface area contributed by atoms with Crippen molar-refractivity contribution in [3.8, 4) is 11.4 Å². The summed E-state index contributed by atoms with van der Waals surface area (Å²) in [5, 5.41) is 3.61. The minimum absolute atomic E-state index is 0.0867. The molecule has 0 radical (unpaired) electrons. The summed E-state index contributed by atoms with van der Waals surface area (Å²) in [5.74, 6) is 0.954. The first-order valence-corrected chi connectivity index (χ1v) is 6.14. The largest absolute Gasteiger partial charge is 0.345 e. The highest BCUT2D eigenvalue weighted by Crippen LogP contribution is 2.35. The lowest BCUT2D eigenvalue weighted by Crippen LogP contribution is -2.33. The summed E-state index contributed by atoms with van der Waals surface area (Å²) in [4.78, 5) is 7.56. The Bertz CT molecular complexity index is 496. The number of aromatic nitrogens is 2. The SMILES string of the molecule is CC1(c2ccccc2-c2ncc[nH]2)CCCN1. The molecule has 2 N–H and O–H groups in total. The van der Waals surface area contributed by atoms with Crippen LogP contribution in [0.2, 0.25) is 0 Å². The van der Waals surface area contributed by atoms with Gasteiger partial charge in [0.1, 0.15) is 5.82 Å². The molecule has 2 aromatic rings. The van der Waals surface area contributed by atoms with Crippen LogP contribution in [0, 0.1) is 0 Å². The fourth-order valence-electron chi connectivity index (χ4n) is 2.71. The second-order valence-corrected chi connectivity index (χ2v) is 4.85. The molecule has 3 heteroatoms. The normalized spacial score (nSPS) is 24.1. The van der Waals surface area contributed by atoms with E-state index in [1.54, 1.807) is 6.20 Å². The summed E-state index contributed by atoms with van der Waals surface area (Å²) in [5.41, 5.74) is 2.63. The van der Waals surface area contributed by atoms with Crippen molar-refractivity contribution in [2.24, 2.45) is 0 Å². The van der Waals surface area contributed by atoms with Crippen LogP contribution in [-0.4, -0.2) is 16.5 Å². The summed E-state index contributed by atoms with van der Waals surface area (Å²) in [6.07, 6.45) is 6.10. The first-order valence-electron chi connectivity index (χ1n) is 6.14. The van der Waals surface area contributed by atoms with Gasteiger partial charge in [0.15, 0.2) is 0 Å². The maximum absolute atomic E-state index is 4.37. The average Bonchev–Trinajstić information content (AvgIpc) is 3.00. The molecule has 1 aromatic carbocycles. The lowest BCUT2D eigenvalue weighted by molar-refractivity contribution is 0.436. The van der Waals surface area contributed by atoms with Gasteiger partial charge in [-0.1, -0.05) is 24.3 Å². The molecule has 0 saturated carbocycles. The number of nitrogens with one attached hydrogen (secondary N) is 2. The third kappa shape index (κ3) is 1.76. The molecule has 3 rings (SSSR count). The molecule has 1 unspecified atom stereocenters. The van der Waals surface area contributed by atoms with Gasteiger partial charge in [0.05, 0.1) is 0 Å². The number of benzene rings is 1. The summed E-state index contributed by atoms with van der Waals surface area (Å²) < 4.78 is 0. The predicted molar refractivity (Wildman–Crippen MR) is 68.6 cm³/mol. The van der Waals surface area contributed by atoms with Crippen molar-refractivity contribution in [2.45, 2.75) is 25.3 Å². The van der Waals surface area contributed by atoms with Crippen molar-refractivity contribution in [1.29, 1.82) is 0 Å². The van der Waals surface area contributed by atoms with E-state index in [4.69, 9.17) is 0 Å². The second kappa shape index (κ2) is 4.00. The van der Waals surface area contributed by atoms with Crippen molar-refractivity contribution in [3.05, 3.63) is 42.2 Å². The third-order valence-electron chi connectivity index (χ3n) is 3.64. The molecule has 1 fully saturated rings. The van der Waals surface area contributed by atoms with Crippen molar-refractivity contribution < 1.29 is 0 Å². The highest BCUT2D eigenvalue weighted by molar-refractivity contribution is 5.62. The average molecular weight is 227 g/mol. The van der Waals surface area contributed by atoms with E-state index >= 15 is 0 Å². The molecule has 0 aliphatic carbocycles. The number of imidazole rings is 1. The van der Waals surface area contributed by atoms with Crippen LogP contribution in [0.3, 0.4) is 0 Å². The smallest absolute Gasteiger partial charge is 0.137 e. The van der Waals surface area contributed by atoms with E-state index in [0.717, 1.165) is 12.4 Å². The van der Waals surface area contributed by atoms with Crippen LogP contribution in [0.25, 0.3) is 11.4 Å². The van der Waals surface area contributed by atoms with Crippen LogP contribution in [0.15, 0.2) is 36.7 Å². The van der Waals surface area contributed by atoms with Crippen LogP contribution in [0.4, 0.5) is 0 Å². The molecule has 1 saturated heterocycles. The predicted octanol–water partition coefficient (Wildman–Crippen LogP) is 2.68. The minimum atomic E-state index is 0.0867. The fraction of sp³-hybridized carbons (Fsp3) is 0.357. The first kappa shape index (κ1) is 10.5. The third-order valence-corrected chi connectivity index (χ3v) is 3.64. The first-order chi connectivity index (χ1) is 8.30. The molecule has 0 spiro atoms. The highest BCUT2D eigenvalue weighted by Gasteiger charge is 2.32. The Balaban J connectivity index is 2.11. The Hall–Kier alpha value is -1.61. The maximum Gasteiger partial charge on any atom is 0.137 e. The zero-order valence-corrected chi connectivity index (χ0v) is 10.0. The van der Waals surface area contributed by atoms with Gasteiger partial charge >= 0.3 is 0 Å². The molecule has 17 heavy (non-hydrogen) atoms. The number of rotatable bonds is 2. The topological polar surface area (TPSA) is 40.7 Å². The quantitative estimate of drug-likeness (QED) is 0.828. The number of H-pyrrole nitrogens is 1. The van der Waals surface area contributed by atoms with Crippen LogP contribution in [0.1, 0.15) is 25.3 Å². The van der Waals surface area contributed by atoms with Gasteiger partial charge in [0, 0.05) is 23.5 Å². The molecule has 1 atom stereocenters. The van der Waals surface area contributed by atoms with Crippen molar-refractivity contribution in [3.63, 3.8) is 0 Å². The van der Waals surface area contributed by atoms with Gasteiger partial charge in [-0.3, -0.25) is 0 Å². The van der Waals surface area contributed by atoms with Crippen LogP contribution in [-0.2, 0) is 5.54 Å². The van der Waals surface area contributed by atoms with Gasteiger partial charge in [-0.15, -0.1) is 0 Å². The zero-order chi connectivity index (χ0) is 11.7. The molecule has 0 bridgehead atoms. The molecule has 88 valence electrons. The molecule has 1 aliphatic heterocycles. The van der Waals surface area contributed by atoms with Gasteiger partial charge in [-0.25, -0.2) is 4.98 Å². The van der Waals surface area contributed by atoms with E-state index < -0.39 is 0 Å². The Morgan fingerprint density at radius 1 is 1.29 bits per heavy atom. The Labute approximate surface area is 101 Å². The van der Waals surface area contributed by atoms with E-state index in [1.165, 1.54) is 24.0 Å². The lowest BCUT2D eigenvalue weighted by Gasteiger charge is -2.27. The Morgan fingerprint density at radius 2 is 2.18 bits per heavy atom. The van der Waals surface area contributed by atoms with E-state index in [9.17, 15) is 0 Å². The molecule has 0 amide bonds. The standard InChI is InChI=1S/C14H17N3/c1-14(7-4-8-17-14)12-6-3-2-5-11(12)13-15-9-10-16-13/h2-3,5-6,9-10,17H,4,7-8H2,1H3,(H,15,16). The number of aromatic amines is 1. The van der Waals surface area contributed by atoms with Crippen molar-refractivity contribution >= 4 is 0 Å². The van der Waals surface area contributed by atoms with Crippen LogP contribution < -0.4 is 5.32 Å². The summed E-state index contributed by atoms with van der Waals surface area (Å²) in [6, 6.07) is 8.52. The fourth-order valence-corrected chi connectivity index (χ4v) is 2.71. The van der Waals surface area contributed by atoms with Crippen molar-refractivity contribution in [2.75, 3.05) is 6.54 Å². The molecular formula is C14H17N3. The summed E-state index contributed by atoms with van der Waals surface area (Å²) >= 11 is 0. The molecule has 1 aliphatic rings. The maximum atomic E-state index is 4.37.